The number of hydrogen-bond acceptors (Lipinski definition) is 5. The van der Waals surface area contributed by atoms with Crippen LogP contribution in [-0.2, 0) is 4.79 Å². The number of carbonyl (C=O) groups excluding carboxylic acids is 1. The average Bonchev–Trinajstić information content (AvgIpc) is 3.05. The molecule has 0 bridgehead atoms. The second kappa shape index (κ2) is 8.64. The highest BCUT2D eigenvalue weighted by Crippen LogP contribution is 2.28. The Balaban J connectivity index is 0.00000225. The highest BCUT2D eigenvalue weighted by atomic mass is 79.9. The van der Waals surface area contributed by atoms with Crippen molar-refractivity contribution >= 4 is 50.7 Å². The normalized spacial score (nSPS) is 9.84. The van der Waals surface area contributed by atoms with Crippen LogP contribution in [0.15, 0.2) is 53.9 Å². The molecule has 0 aliphatic rings. The van der Waals surface area contributed by atoms with E-state index >= 15 is 0 Å². The quantitative estimate of drug-likeness (QED) is 0.603. The average molecular weight is 420 g/mol. The van der Waals surface area contributed by atoms with Crippen molar-refractivity contribution in [2.45, 2.75) is 6.92 Å². The van der Waals surface area contributed by atoms with E-state index in [9.17, 15) is 4.79 Å². The van der Waals surface area contributed by atoms with Crippen molar-refractivity contribution in [1.82, 2.24) is 4.98 Å². The van der Waals surface area contributed by atoms with Gasteiger partial charge in [0.15, 0.2) is 5.13 Å². The van der Waals surface area contributed by atoms with Gasteiger partial charge in [-0.05, 0) is 48.5 Å². The van der Waals surface area contributed by atoms with Crippen LogP contribution in [0.4, 0.5) is 16.5 Å². The van der Waals surface area contributed by atoms with Gasteiger partial charge in [0.05, 0.1) is 12.8 Å². The summed E-state index contributed by atoms with van der Waals surface area (Å²) in [7, 11) is 1.65. The van der Waals surface area contributed by atoms with Gasteiger partial charge >= 0.3 is 0 Å². The molecule has 25 heavy (non-hydrogen) atoms. The van der Waals surface area contributed by atoms with Crippen LogP contribution in [-0.4, -0.2) is 18.0 Å². The van der Waals surface area contributed by atoms with E-state index < -0.39 is 0 Å². The molecule has 0 saturated carbocycles. The molecule has 1 heterocycles. The number of amides is 1. The summed E-state index contributed by atoms with van der Waals surface area (Å²) >= 11 is 1.54. The number of benzene rings is 2. The molecule has 0 spiro atoms. The number of hydrogen-bond donors (Lipinski definition) is 2. The van der Waals surface area contributed by atoms with Gasteiger partial charge in [0.1, 0.15) is 5.75 Å². The summed E-state index contributed by atoms with van der Waals surface area (Å²) in [6, 6.07) is 15.3. The predicted molar refractivity (Wildman–Crippen MR) is 108 cm³/mol. The van der Waals surface area contributed by atoms with Gasteiger partial charge in [-0.25, -0.2) is 4.98 Å². The van der Waals surface area contributed by atoms with Gasteiger partial charge in [-0.15, -0.1) is 28.3 Å². The van der Waals surface area contributed by atoms with Crippen molar-refractivity contribution < 1.29 is 9.53 Å². The summed E-state index contributed by atoms with van der Waals surface area (Å²) in [6.07, 6.45) is 0. The van der Waals surface area contributed by atoms with Crippen LogP contribution in [0, 0.1) is 0 Å². The number of thiazole rings is 1. The van der Waals surface area contributed by atoms with Gasteiger partial charge in [0, 0.05) is 29.2 Å². The van der Waals surface area contributed by atoms with Crippen LogP contribution >= 0.6 is 28.3 Å². The van der Waals surface area contributed by atoms with Gasteiger partial charge < -0.3 is 15.4 Å². The third kappa shape index (κ3) is 5.04. The second-order valence-corrected chi connectivity index (χ2v) is 6.01. The first kappa shape index (κ1) is 19.0. The zero-order valence-corrected chi connectivity index (χ0v) is 16.3. The molecule has 0 aliphatic heterocycles. The number of aromatic nitrogens is 1. The number of methoxy groups -OCH3 is 1. The summed E-state index contributed by atoms with van der Waals surface area (Å²) in [5.74, 6) is 0.742. The van der Waals surface area contributed by atoms with E-state index in [-0.39, 0.29) is 22.9 Å². The number of anilines is 3. The molecule has 0 saturated heterocycles. The van der Waals surface area contributed by atoms with E-state index in [0.717, 1.165) is 33.5 Å². The third-order valence-electron chi connectivity index (χ3n) is 3.35. The van der Waals surface area contributed by atoms with Gasteiger partial charge in [0.2, 0.25) is 5.91 Å². The Hall–Kier alpha value is -2.38. The number of nitrogens with zero attached hydrogens (tertiary/aromatic N) is 1. The Labute approximate surface area is 160 Å². The lowest BCUT2D eigenvalue weighted by Gasteiger charge is -2.05. The van der Waals surface area contributed by atoms with E-state index in [1.54, 1.807) is 18.4 Å². The van der Waals surface area contributed by atoms with Crippen LogP contribution in [0.2, 0.25) is 0 Å². The Morgan fingerprint density at radius 1 is 1.04 bits per heavy atom. The predicted octanol–water partition coefficient (Wildman–Crippen LogP) is 5.10. The van der Waals surface area contributed by atoms with E-state index in [2.05, 4.69) is 15.6 Å². The number of rotatable bonds is 5. The largest absolute Gasteiger partial charge is 0.497 e. The molecule has 7 heteroatoms. The van der Waals surface area contributed by atoms with Crippen molar-refractivity contribution in [2.75, 3.05) is 17.7 Å². The van der Waals surface area contributed by atoms with Gasteiger partial charge in [-0.1, -0.05) is 0 Å². The lowest BCUT2D eigenvalue weighted by molar-refractivity contribution is -0.114. The molecular weight excluding hydrogens is 402 g/mol. The minimum atomic E-state index is -0.0835. The van der Waals surface area contributed by atoms with Crippen LogP contribution in [0.1, 0.15) is 6.92 Å². The Morgan fingerprint density at radius 3 is 2.28 bits per heavy atom. The zero-order valence-electron chi connectivity index (χ0n) is 13.8. The molecule has 3 rings (SSSR count). The smallest absolute Gasteiger partial charge is 0.221 e. The van der Waals surface area contributed by atoms with Crippen molar-refractivity contribution in [3.05, 3.63) is 53.9 Å². The zero-order chi connectivity index (χ0) is 16.9. The molecular formula is C18H18BrN3O2S. The minimum Gasteiger partial charge on any atom is -0.497 e. The Bertz CT molecular complexity index is 832. The first-order valence-corrected chi connectivity index (χ1v) is 8.26. The van der Waals surface area contributed by atoms with Crippen LogP contribution in [0.25, 0.3) is 11.3 Å². The molecule has 5 nitrogen and oxygen atoms in total. The molecule has 0 fully saturated rings. The highest BCUT2D eigenvalue weighted by Gasteiger charge is 2.05. The summed E-state index contributed by atoms with van der Waals surface area (Å²) in [4.78, 5) is 15.6. The fraction of sp³-hybridized carbons (Fsp3) is 0.111. The molecule has 0 unspecified atom stereocenters. The van der Waals surface area contributed by atoms with Crippen molar-refractivity contribution in [3.8, 4) is 17.0 Å². The third-order valence-corrected chi connectivity index (χ3v) is 4.10. The van der Waals surface area contributed by atoms with Crippen LogP contribution in [0.5, 0.6) is 5.75 Å². The monoisotopic (exact) mass is 419 g/mol. The van der Waals surface area contributed by atoms with E-state index in [1.165, 1.54) is 6.92 Å². The maximum atomic E-state index is 11.0. The number of nitrogens with one attached hydrogen (secondary N) is 2. The molecule has 0 radical (unpaired) electrons. The molecule has 130 valence electrons. The maximum Gasteiger partial charge on any atom is 0.221 e. The van der Waals surface area contributed by atoms with E-state index in [0.29, 0.717) is 0 Å². The number of halogens is 1. The van der Waals surface area contributed by atoms with Crippen molar-refractivity contribution in [3.63, 3.8) is 0 Å². The van der Waals surface area contributed by atoms with E-state index in [4.69, 9.17) is 4.74 Å². The molecule has 1 aromatic heterocycles. The summed E-state index contributed by atoms with van der Waals surface area (Å²) < 4.78 is 5.17. The Morgan fingerprint density at radius 2 is 1.68 bits per heavy atom. The summed E-state index contributed by atoms with van der Waals surface area (Å²) in [5, 5.41) is 8.83. The topological polar surface area (TPSA) is 63.2 Å². The van der Waals surface area contributed by atoms with Crippen LogP contribution in [0.3, 0.4) is 0 Å². The Kier molecular flexibility index (Phi) is 6.55. The second-order valence-electron chi connectivity index (χ2n) is 5.15. The molecule has 2 aromatic carbocycles. The SMILES string of the molecule is Br.COc1ccc(-c2csc(Nc3ccc(NC(C)=O)cc3)n2)cc1. The van der Waals surface area contributed by atoms with Crippen LogP contribution < -0.4 is 15.4 Å². The highest BCUT2D eigenvalue weighted by molar-refractivity contribution is 8.93. The fourth-order valence-electron chi connectivity index (χ4n) is 2.19. The minimum absolute atomic E-state index is 0. The number of carbonyl (C=O) groups is 1. The first-order chi connectivity index (χ1) is 11.6. The standard InChI is InChI=1S/C18H17N3O2S.BrH/c1-12(22)19-14-5-7-15(8-6-14)20-18-21-17(11-24-18)13-3-9-16(23-2)10-4-13;/h3-11H,1-2H3,(H,19,22)(H,20,21);1H. The maximum absolute atomic E-state index is 11.0. The molecule has 3 aromatic rings. The molecule has 0 aliphatic carbocycles. The van der Waals surface area contributed by atoms with Gasteiger partial charge in [-0.3, -0.25) is 4.79 Å². The fourth-order valence-corrected chi connectivity index (χ4v) is 2.93. The molecule has 2 N–H and O–H groups in total. The molecule has 1 amide bonds. The summed E-state index contributed by atoms with van der Waals surface area (Å²) in [6.45, 7) is 1.49. The first-order valence-electron chi connectivity index (χ1n) is 7.38. The molecule has 0 atom stereocenters. The van der Waals surface area contributed by atoms with Gasteiger partial charge in [-0.2, -0.15) is 0 Å². The van der Waals surface area contributed by atoms with Gasteiger partial charge in [0.25, 0.3) is 0 Å². The van der Waals surface area contributed by atoms with Crippen molar-refractivity contribution in [2.24, 2.45) is 0 Å². The lowest BCUT2D eigenvalue weighted by Crippen LogP contribution is -2.05. The summed E-state index contributed by atoms with van der Waals surface area (Å²) in [5.41, 5.74) is 3.65. The lowest BCUT2D eigenvalue weighted by atomic mass is 10.2. The van der Waals surface area contributed by atoms with E-state index in [1.807, 2.05) is 53.9 Å². The van der Waals surface area contributed by atoms with Crippen molar-refractivity contribution in [1.29, 1.82) is 0 Å². The number of ether oxygens (including phenoxy) is 1.